The summed E-state index contributed by atoms with van der Waals surface area (Å²) in [4.78, 5) is 0.0964. The second-order valence-electron chi connectivity index (χ2n) is 3.66. The van der Waals surface area contributed by atoms with Crippen molar-refractivity contribution in [2.24, 2.45) is 0 Å². The Morgan fingerprint density at radius 2 is 2.16 bits per heavy atom. The van der Waals surface area contributed by atoms with Crippen molar-refractivity contribution in [2.45, 2.75) is 4.90 Å². The Balaban J connectivity index is 2.86. The molecule has 0 aliphatic heterocycles. The summed E-state index contributed by atoms with van der Waals surface area (Å²) < 4.78 is 37.1. The fourth-order valence-electron chi connectivity index (χ4n) is 1.29. The molecular weight excluding hydrogens is 286 g/mol. The van der Waals surface area contributed by atoms with Crippen molar-refractivity contribution in [2.75, 3.05) is 25.2 Å². The van der Waals surface area contributed by atoms with Gasteiger partial charge in [0.05, 0.1) is 4.90 Å². The van der Waals surface area contributed by atoms with E-state index in [-0.39, 0.29) is 23.8 Å². The number of sulfonamides is 1. The monoisotopic (exact) mass is 301 g/mol. The summed E-state index contributed by atoms with van der Waals surface area (Å²) in [7, 11) is -4.66. The van der Waals surface area contributed by atoms with Gasteiger partial charge in [-0.1, -0.05) is 17.9 Å². The first-order valence-electron chi connectivity index (χ1n) is 5.45. The molecule has 0 amide bonds. The van der Waals surface area contributed by atoms with Crippen molar-refractivity contribution in [3.8, 4) is 11.8 Å². The molecule has 0 bridgehead atoms. The molecule has 2 N–H and O–H groups in total. The molecule has 0 saturated heterocycles. The van der Waals surface area contributed by atoms with Crippen LogP contribution in [0.3, 0.4) is 0 Å². The second-order valence-corrected chi connectivity index (χ2v) is 6.98. The number of benzene rings is 1. The minimum atomic E-state index is -3.62. The molecule has 7 heteroatoms. The zero-order valence-corrected chi connectivity index (χ0v) is 12.1. The lowest BCUT2D eigenvalue weighted by Crippen LogP contribution is -2.27. The molecule has 0 aliphatic carbocycles. The van der Waals surface area contributed by atoms with E-state index in [0.717, 1.165) is 0 Å². The number of nitrogens with one attached hydrogen (secondary N) is 1. The maximum Gasteiger partial charge on any atom is 0.240 e. The lowest BCUT2D eigenvalue weighted by atomic mass is 10.2. The van der Waals surface area contributed by atoms with Crippen molar-refractivity contribution in [3.63, 3.8) is 0 Å². The quantitative estimate of drug-likeness (QED) is 0.731. The highest BCUT2D eigenvalue weighted by Gasteiger charge is 2.13. The first-order chi connectivity index (χ1) is 8.95. The van der Waals surface area contributed by atoms with E-state index in [0.29, 0.717) is 5.56 Å². The first-order valence-corrected chi connectivity index (χ1v) is 8.66. The maximum atomic E-state index is 11.9. The maximum absolute atomic E-state index is 11.9. The Kier molecular flexibility index (Phi) is 6.18. The summed E-state index contributed by atoms with van der Waals surface area (Å²) in [5.41, 5.74) is 0.510. The van der Waals surface area contributed by atoms with E-state index in [4.69, 9.17) is 5.11 Å². The average molecular weight is 301 g/mol. The van der Waals surface area contributed by atoms with Crippen LogP contribution in [-0.2, 0) is 20.8 Å². The summed E-state index contributed by atoms with van der Waals surface area (Å²) in [5, 5.41) is 8.59. The van der Waals surface area contributed by atoms with Crippen molar-refractivity contribution in [3.05, 3.63) is 29.8 Å². The van der Waals surface area contributed by atoms with Crippen LogP contribution < -0.4 is 4.72 Å². The average Bonchev–Trinajstić information content (AvgIpc) is 2.36. The third-order valence-corrected chi connectivity index (χ3v) is 4.38. The second kappa shape index (κ2) is 7.40. The van der Waals surface area contributed by atoms with Gasteiger partial charge in [-0.3, -0.25) is 4.21 Å². The van der Waals surface area contributed by atoms with Crippen LogP contribution in [0.2, 0.25) is 0 Å². The molecule has 1 rings (SSSR count). The molecule has 104 valence electrons. The van der Waals surface area contributed by atoms with Crippen LogP contribution in [-0.4, -0.2) is 42.9 Å². The number of aliphatic hydroxyl groups is 1. The molecule has 1 aromatic rings. The zero-order valence-electron chi connectivity index (χ0n) is 10.4. The smallest absolute Gasteiger partial charge is 0.240 e. The molecular formula is C12H15NO4S2. The van der Waals surface area contributed by atoms with Crippen molar-refractivity contribution in [1.82, 2.24) is 4.72 Å². The van der Waals surface area contributed by atoms with Crippen LogP contribution in [0.25, 0.3) is 0 Å². The number of hydrogen-bond donors (Lipinski definition) is 2. The zero-order chi connectivity index (χ0) is 14.3. The van der Waals surface area contributed by atoms with Gasteiger partial charge in [0.1, 0.15) is 6.61 Å². The Morgan fingerprint density at radius 1 is 1.42 bits per heavy atom. The molecule has 0 radical (unpaired) electrons. The normalized spacial score (nSPS) is 12.5. The fourth-order valence-corrected chi connectivity index (χ4v) is 2.88. The van der Waals surface area contributed by atoms with E-state index in [1.807, 2.05) is 0 Å². The molecule has 1 atom stereocenters. The minimum absolute atomic E-state index is 0.0964. The predicted molar refractivity (Wildman–Crippen MR) is 74.5 cm³/mol. The molecule has 0 heterocycles. The highest BCUT2D eigenvalue weighted by atomic mass is 32.2. The molecule has 19 heavy (non-hydrogen) atoms. The Labute approximate surface area is 115 Å². The molecule has 1 unspecified atom stereocenters. The van der Waals surface area contributed by atoms with E-state index < -0.39 is 20.8 Å². The van der Waals surface area contributed by atoms with E-state index in [1.165, 1.54) is 18.4 Å². The Morgan fingerprint density at radius 3 is 2.79 bits per heavy atom. The molecule has 0 aromatic heterocycles. The Hall–Kier alpha value is -1.20. The van der Waals surface area contributed by atoms with Gasteiger partial charge < -0.3 is 5.11 Å². The molecule has 0 spiro atoms. The van der Waals surface area contributed by atoms with E-state index in [9.17, 15) is 12.6 Å². The lowest BCUT2D eigenvalue weighted by Gasteiger charge is -2.06. The highest BCUT2D eigenvalue weighted by molar-refractivity contribution is 7.89. The van der Waals surface area contributed by atoms with Crippen LogP contribution in [0.4, 0.5) is 0 Å². The van der Waals surface area contributed by atoms with Crippen molar-refractivity contribution >= 4 is 20.8 Å². The van der Waals surface area contributed by atoms with E-state index in [2.05, 4.69) is 16.6 Å². The predicted octanol–water partition coefficient (Wildman–Crippen LogP) is -0.313. The summed E-state index contributed by atoms with van der Waals surface area (Å²) in [6, 6.07) is 6.11. The van der Waals surface area contributed by atoms with Gasteiger partial charge in [0.15, 0.2) is 0 Å². The van der Waals surface area contributed by atoms with Crippen LogP contribution in [0.5, 0.6) is 0 Å². The van der Waals surface area contributed by atoms with E-state index >= 15 is 0 Å². The topological polar surface area (TPSA) is 83.5 Å². The van der Waals surface area contributed by atoms with Gasteiger partial charge in [-0.15, -0.1) is 0 Å². The van der Waals surface area contributed by atoms with Crippen LogP contribution >= 0.6 is 0 Å². The molecule has 0 fully saturated rings. The van der Waals surface area contributed by atoms with Crippen LogP contribution in [0.15, 0.2) is 29.2 Å². The summed E-state index contributed by atoms with van der Waals surface area (Å²) in [5.74, 6) is 5.36. The standard InChI is InChI=1S/C12H15NO4S2/c1-18(15)9-7-13-19(16,17)12-6-2-4-11(10-12)5-3-8-14/h2,4,6,10,13-14H,7-9H2,1H3. The molecule has 0 aliphatic rings. The van der Waals surface area contributed by atoms with Crippen LogP contribution in [0.1, 0.15) is 5.56 Å². The third-order valence-electron chi connectivity index (χ3n) is 2.14. The fraction of sp³-hybridized carbons (Fsp3) is 0.333. The van der Waals surface area contributed by atoms with Gasteiger partial charge in [-0.05, 0) is 18.2 Å². The Bertz CT molecular complexity index is 614. The number of hydrogen-bond acceptors (Lipinski definition) is 4. The van der Waals surface area contributed by atoms with Gasteiger partial charge in [-0.2, -0.15) is 0 Å². The SMILES string of the molecule is CS(=O)CCNS(=O)(=O)c1cccc(C#CCO)c1. The number of rotatable bonds is 5. The highest BCUT2D eigenvalue weighted by Crippen LogP contribution is 2.10. The van der Waals surface area contributed by atoms with Gasteiger partial charge in [-0.25, -0.2) is 13.1 Å². The lowest BCUT2D eigenvalue weighted by molar-refractivity contribution is 0.350. The number of aliphatic hydroxyl groups excluding tert-OH is 1. The van der Waals surface area contributed by atoms with Crippen molar-refractivity contribution in [1.29, 1.82) is 0 Å². The van der Waals surface area contributed by atoms with Gasteiger partial charge in [0.2, 0.25) is 10.0 Å². The van der Waals surface area contributed by atoms with Gasteiger partial charge in [0, 0.05) is 34.9 Å². The summed E-state index contributed by atoms with van der Waals surface area (Å²) >= 11 is 0. The first kappa shape index (κ1) is 15.9. The summed E-state index contributed by atoms with van der Waals surface area (Å²) in [6.07, 6.45) is 1.51. The van der Waals surface area contributed by atoms with Gasteiger partial charge in [0.25, 0.3) is 0 Å². The molecule has 5 nitrogen and oxygen atoms in total. The summed E-state index contributed by atoms with van der Waals surface area (Å²) in [6.45, 7) is -0.157. The largest absolute Gasteiger partial charge is 0.384 e. The minimum Gasteiger partial charge on any atom is -0.384 e. The molecule has 1 aromatic carbocycles. The third kappa shape index (κ3) is 5.53. The van der Waals surface area contributed by atoms with Gasteiger partial charge >= 0.3 is 0 Å². The van der Waals surface area contributed by atoms with E-state index in [1.54, 1.807) is 12.1 Å². The van der Waals surface area contributed by atoms with Crippen molar-refractivity contribution < 1.29 is 17.7 Å². The van der Waals surface area contributed by atoms with Crippen LogP contribution in [0, 0.1) is 11.8 Å². The molecule has 0 saturated carbocycles.